The fourth-order valence-corrected chi connectivity index (χ4v) is 2.81. The Morgan fingerprint density at radius 1 is 1.24 bits per heavy atom. The zero-order chi connectivity index (χ0) is 15.6. The molecular weight excluding hydrogens is 378 g/mol. The molecule has 0 fully saturated rings. The van der Waals surface area contributed by atoms with Gasteiger partial charge in [-0.2, -0.15) is 0 Å². The van der Waals surface area contributed by atoms with Gasteiger partial charge < -0.3 is 4.74 Å². The lowest BCUT2D eigenvalue weighted by atomic mass is 10.0. The van der Waals surface area contributed by atoms with Gasteiger partial charge in [0.1, 0.15) is 10.6 Å². The third-order valence-corrected chi connectivity index (χ3v) is 4.63. The van der Waals surface area contributed by atoms with E-state index in [9.17, 15) is 8.42 Å². The van der Waals surface area contributed by atoms with Gasteiger partial charge in [-0.1, -0.05) is 29.8 Å². The van der Waals surface area contributed by atoms with E-state index >= 15 is 0 Å². The van der Waals surface area contributed by atoms with Gasteiger partial charge in [-0.15, -0.1) is 0 Å². The van der Waals surface area contributed by atoms with Crippen LogP contribution in [0.25, 0.3) is 0 Å². The Hall–Kier alpha value is -1.11. The molecule has 0 atom stereocenters. The maximum Gasteiger partial charge on any atom is 0.262 e. The lowest BCUT2D eigenvalue weighted by molar-refractivity contribution is 0.453. The first-order valence-corrected chi connectivity index (χ1v) is 9.25. The average molecular weight is 391 g/mol. The van der Waals surface area contributed by atoms with Crippen molar-refractivity contribution in [1.82, 2.24) is 4.98 Å². The summed E-state index contributed by atoms with van der Waals surface area (Å²) in [7, 11) is 1.47. The Morgan fingerprint density at radius 2 is 1.95 bits per heavy atom. The van der Waals surface area contributed by atoms with E-state index in [1.54, 1.807) is 0 Å². The van der Waals surface area contributed by atoms with Crippen molar-refractivity contribution in [2.24, 2.45) is 0 Å². The van der Waals surface area contributed by atoms with Crippen LogP contribution in [0.2, 0.25) is 0 Å². The lowest BCUT2D eigenvalue weighted by Gasteiger charge is -2.13. The third kappa shape index (κ3) is 4.18. The fraction of sp³-hybridized carbons (Fsp3) is 0.214. The SMILES string of the molecule is CC(C)c1cc(Br)ccc1Oc1ccc(S(=O)(=O)Cl)cn1. The van der Waals surface area contributed by atoms with E-state index in [4.69, 9.17) is 15.4 Å². The highest BCUT2D eigenvalue weighted by molar-refractivity contribution is 9.10. The molecular formula is C14H13BrClNO3S. The zero-order valence-electron chi connectivity index (χ0n) is 11.4. The van der Waals surface area contributed by atoms with Crippen molar-refractivity contribution in [2.75, 3.05) is 0 Å². The molecule has 7 heteroatoms. The van der Waals surface area contributed by atoms with Crippen LogP contribution in [0.15, 0.2) is 45.9 Å². The molecule has 0 saturated heterocycles. The van der Waals surface area contributed by atoms with Gasteiger partial charge in [0.05, 0.1) is 6.20 Å². The molecule has 0 aliphatic rings. The van der Waals surface area contributed by atoms with Crippen LogP contribution in [0.3, 0.4) is 0 Å². The van der Waals surface area contributed by atoms with Crippen LogP contribution in [0.1, 0.15) is 25.3 Å². The Balaban J connectivity index is 2.30. The topological polar surface area (TPSA) is 56.3 Å². The van der Waals surface area contributed by atoms with Gasteiger partial charge in [0.15, 0.2) is 0 Å². The number of nitrogens with zero attached hydrogens (tertiary/aromatic N) is 1. The summed E-state index contributed by atoms with van der Waals surface area (Å²) in [5.41, 5.74) is 1.03. The molecule has 0 bridgehead atoms. The first kappa shape index (κ1) is 16.3. The van der Waals surface area contributed by atoms with E-state index < -0.39 is 9.05 Å². The highest BCUT2D eigenvalue weighted by atomic mass is 79.9. The minimum Gasteiger partial charge on any atom is -0.439 e. The van der Waals surface area contributed by atoms with Crippen molar-refractivity contribution in [2.45, 2.75) is 24.7 Å². The minimum absolute atomic E-state index is 0.0589. The fourth-order valence-electron chi connectivity index (χ4n) is 1.75. The molecule has 21 heavy (non-hydrogen) atoms. The zero-order valence-corrected chi connectivity index (χ0v) is 14.5. The predicted octanol–water partition coefficient (Wildman–Crippen LogP) is 4.69. The maximum absolute atomic E-state index is 11.2. The number of pyridine rings is 1. The summed E-state index contributed by atoms with van der Waals surface area (Å²) < 4.78 is 29.0. The van der Waals surface area contributed by atoms with Gasteiger partial charge in [-0.25, -0.2) is 13.4 Å². The first-order chi connectivity index (χ1) is 9.77. The maximum atomic E-state index is 11.2. The van der Waals surface area contributed by atoms with Gasteiger partial charge in [-0.05, 0) is 35.7 Å². The highest BCUT2D eigenvalue weighted by Gasteiger charge is 2.13. The summed E-state index contributed by atoms with van der Waals surface area (Å²) in [6.07, 6.45) is 1.17. The van der Waals surface area contributed by atoms with Crippen molar-refractivity contribution in [3.05, 3.63) is 46.6 Å². The molecule has 0 saturated carbocycles. The molecule has 0 aliphatic heterocycles. The Labute approximate surface area is 136 Å². The Kier molecular flexibility index (Phi) is 4.91. The minimum atomic E-state index is -3.77. The van der Waals surface area contributed by atoms with Crippen LogP contribution in [0.4, 0.5) is 0 Å². The summed E-state index contributed by atoms with van der Waals surface area (Å²) in [6, 6.07) is 8.53. The van der Waals surface area contributed by atoms with Gasteiger partial charge in [-0.3, -0.25) is 0 Å². The average Bonchev–Trinajstić information content (AvgIpc) is 2.40. The van der Waals surface area contributed by atoms with Gasteiger partial charge in [0, 0.05) is 21.2 Å². The summed E-state index contributed by atoms with van der Waals surface area (Å²) in [5.74, 6) is 1.27. The number of hydrogen-bond donors (Lipinski definition) is 0. The molecule has 0 aliphatic carbocycles. The van der Waals surface area contributed by atoms with E-state index in [1.165, 1.54) is 18.3 Å². The summed E-state index contributed by atoms with van der Waals surface area (Å²) in [5, 5.41) is 0. The van der Waals surface area contributed by atoms with E-state index in [1.807, 2.05) is 18.2 Å². The summed E-state index contributed by atoms with van der Waals surface area (Å²) >= 11 is 3.43. The monoisotopic (exact) mass is 389 g/mol. The Bertz CT molecular complexity index is 745. The van der Waals surface area contributed by atoms with Gasteiger partial charge in [0.25, 0.3) is 9.05 Å². The summed E-state index contributed by atoms with van der Waals surface area (Å²) in [4.78, 5) is 3.91. The third-order valence-electron chi connectivity index (χ3n) is 2.80. The predicted molar refractivity (Wildman–Crippen MR) is 85.6 cm³/mol. The van der Waals surface area contributed by atoms with Gasteiger partial charge in [0.2, 0.25) is 5.88 Å². The quantitative estimate of drug-likeness (QED) is 0.711. The molecule has 0 radical (unpaired) electrons. The van der Waals surface area contributed by atoms with Crippen LogP contribution >= 0.6 is 26.6 Å². The second kappa shape index (κ2) is 6.34. The molecule has 0 N–H and O–H groups in total. The standard InChI is InChI=1S/C14H13BrClNO3S/c1-9(2)12-7-10(15)3-5-13(12)20-14-6-4-11(8-17-14)21(16,18)19/h3-9H,1-2H3. The molecule has 4 nitrogen and oxygen atoms in total. The van der Waals surface area contributed by atoms with Crippen LogP contribution in [0.5, 0.6) is 11.6 Å². The van der Waals surface area contributed by atoms with Crippen molar-refractivity contribution in [3.8, 4) is 11.6 Å². The number of benzene rings is 1. The number of ether oxygens (including phenoxy) is 1. The Morgan fingerprint density at radius 3 is 2.48 bits per heavy atom. The molecule has 112 valence electrons. The van der Waals surface area contributed by atoms with Crippen LogP contribution < -0.4 is 4.74 Å². The number of halogens is 2. The number of aromatic nitrogens is 1. The van der Waals surface area contributed by atoms with Crippen molar-refractivity contribution < 1.29 is 13.2 Å². The first-order valence-electron chi connectivity index (χ1n) is 6.15. The van der Waals surface area contributed by atoms with Crippen molar-refractivity contribution in [3.63, 3.8) is 0 Å². The smallest absolute Gasteiger partial charge is 0.262 e. The summed E-state index contributed by atoms with van der Waals surface area (Å²) in [6.45, 7) is 4.12. The molecule has 2 rings (SSSR count). The van der Waals surface area contributed by atoms with Crippen LogP contribution in [0, 0.1) is 0 Å². The van der Waals surface area contributed by atoms with Crippen molar-refractivity contribution in [1.29, 1.82) is 0 Å². The lowest BCUT2D eigenvalue weighted by Crippen LogP contribution is -1.97. The molecule has 0 amide bonds. The molecule has 0 unspecified atom stereocenters. The van der Waals surface area contributed by atoms with E-state index in [2.05, 4.69) is 34.8 Å². The largest absolute Gasteiger partial charge is 0.439 e. The van der Waals surface area contributed by atoms with E-state index in [0.29, 0.717) is 11.6 Å². The van der Waals surface area contributed by atoms with Crippen LogP contribution in [-0.2, 0) is 9.05 Å². The van der Waals surface area contributed by atoms with E-state index in [0.717, 1.165) is 10.0 Å². The number of hydrogen-bond acceptors (Lipinski definition) is 4. The molecule has 1 heterocycles. The normalized spacial score (nSPS) is 11.7. The molecule has 0 spiro atoms. The van der Waals surface area contributed by atoms with Crippen LogP contribution in [-0.4, -0.2) is 13.4 Å². The second-order valence-corrected chi connectivity index (χ2v) is 8.19. The van der Waals surface area contributed by atoms with Crippen molar-refractivity contribution >= 4 is 35.7 Å². The van der Waals surface area contributed by atoms with Gasteiger partial charge >= 0.3 is 0 Å². The highest BCUT2D eigenvalue weighted by Crippen LogP contribution is 2.32. The molecule has 1 aromatic carbocycles. The second-order valence-electron chi connectivity index (χ2n) is 4.71. The molecule has 1 aromatic heterocycles. The molecule has 2 aromatic rings. The number of rotatable bonds is 4. The van der Waals surface area contributed by atoms with E-state index in [-0.39, 0.29) is 10.8 Å².